The van der Waals surface area contributed by atoms with E-state index in [1.54, 1.807) is 18.7 Å². The fourth-order valence-corrected chi connectivity index (χ4v) is 4.46. The molecule has 0 saturated carbocycles. The second-order valence-corrected chi connectivity index (χ2v) is 8.65. The predicted octanol–water partition coefficient (Wildman–Crippen LogP) is 3.30. The molecule has 2 aromatic rings. The van der Waals surface area contributed by atoms with E-state index in [-0.39, 0.29) is 16.1 Å². The van der Waals surface area contributed by atoms with Crippen molar-refractivity contribution in [2.45, 2.75) is 29.4 Å². The molecule has 30 heavy (non-hydrogen) atoms. The van der Waals surface area contributed by atoms with Gasteiger partial charge in [0.15, 0.2) is 0 Å². The Balaban J connectivity index is 1.64. The molecular weight excluding hydrogens is 406 g/mol. The normalized spacial score (nSPS) is 15.2. The third kappa shape index (κ3) is 5.58. The van der Waals surface area contributed by atoms with Gasteiger partial charge >= 0.3 is 11.8 Å². The fourth-order valence-electron chi connectivity index (χ4n) is 3.16. The van der Waals surface area contributed by atoms with Crippen molar-refractivity contribution in [2.24, 2.45) is 0 Å². The molecule has 0 aromatic heterocycles. The molecule has 3 rings (SSSR count). The Morgan fingerprint density at radius 1 is 1.13 bits per heavy atom. The molecular formula is C21H23N3O5S. The first-order chi connectivity index (χ1) is 14.4. The Morgan fingerprint density at radius 3 is 2.50 bits per heavy atom. The first-order valence-corrected chi connectivity index (χ1v) is 10.4. The number of nitro benzene ring substituents is 1. The van der Waals surface area contributed by atoms with Crippen LogP contribution in [0.4, 0.5) is 11.4 Å². The lowest BCUT2D eigenvalue weighted by Crippen LogP contribution is -2.47. The number of nitro groups is 1. The summed E-state index contributed by atoms with van der Waals surface area (Å²) >= 11 is 1.68. The molecule has 8 nitrogen and oxygen atoms in total. The summed E-state index contributed by atoms with van der Waals surface area (Å²) < 4.78 is 5.21. The zero-order valence-corrected chi connectivity index (χ0v) is 17.4. The molecule has 2 aromatic carbocycles. The van der Waals surface area contributed by atoms with Gasteiger partial charge < -0.3 is 15.4 Å². The van der Waals surface area contributed by atoms with E-state index in [2.05, 4.69) is 10.6 Å². The minimum atomic E-state index is -0.856. The molecule has 0 bridgehead atoms. The van der Waals surface area contributed by atoms with Crippen molar-refractivity contribution in [3.05, 3.63) is 64.2 Å². The molecule has 158 valence electrons. The number of rotatable bonds is 6. The van der Waals surface area contributed by atoms with E-state index in [0.29, 0.717) is 25.3 Å². The SMILES string of the molecule is Cc1ccc([N+](=O)[O-])cc1NC(=O)C(=O)NCC1(Sc2ccccc2)CCOCC1. The number of carbonyl (C=O) groups is 2. The van der Waals surface area contributed by atoms with Crippen molar-refractivity contribution < 1.29 is 19.2 Å². The lowest BCUT2D eigenvalue weighted by molar-refractivity contribution is -0.384. The van der Waals surface area contributed by atoms with Gasteiger partial charge in [0, 0.05) is 41.5 Å². The molecule has 0 unspecified atom stereocenters. The van der Waals surface area contributed by atoms with Gasteiger partial charge in [0.25, 0.3) is 5.69 Å². The number of aryl methyl sites for hydroxylation is 1. The number of nitrogens with one attached hydrogen (secondary N) is 2. The Kier molecular flexibility index (Phi) is 7.07. The van der Waals surface area contributed by atoms with Gasteiger partial charge in [-0.25, -0.2) is 0 Å². The summed E-state index contributed by atoms with van der Waals surface area (Å²) in [5.41, 5.74) is 0.711. The monoisotopic (exact) mass is 429 g/mol. The van der Waals surface area contributed by atoms with Gasteiger partial charge in [-0.15, -0.1) is 11.8 Å². The number of carbonyl (C=O) groups excluding carboxylic acids is 2. The molecule has 2 amide bonds. The second-order valence-electron chi connectivity index (χ2n) is 7.10. The lowest BCUT2D eigenvalue weighted by Gasteiger charge is -2.36. The molecule has 0 aliphatic carbocycles. The molecule has 1 aliphatic heterocycles. The number of non-ortho nitro benzene ring substituents is 1. The smallest absolute Gasteiger partial charge is 0.313 e. The Hall–Kier alpha value is -2.91. The van der Waals surface area contributed by atoms with Gasteiger partial charge in [0.05, 0.1) is 10.6 Å². The summed E-state index contributed by atoms with van der Waals surface area (Å²) in [6.45, 7) is 3.20. The number of anilines is 1. The minimum Gasteiger partial charge on any atom is -0.381 e. The largest absolute Gasteiger partial charge is 0.381 e. The van der Waals surface area contributed by atoms with Crippen LogP contribution >= 0.6 is 11.8 Å². The zero-order chi connectivity index (χ0) is 21.6. The standard InChI is InChI=1S/C21H23N3O5S/c1-15-7-8-16(24(27)28)13-18(15)23-20(26)19(25)22-14-21(9-11-29-12-10-21)30-17-5-3-2-4-6-17/h2-8,13H,9-12,14H2,1H3,(H,22,25)(H,23,26). The van der Waals surface area contributed by atoms with E-state index in [9.17, 15) is 19.7 Å². The maximum Gasteiger partial charge on any atom is 0.313 e. The molecule has 1 fully saturated rings. The van der Waals surface area contributed by atoms with Crippen LogP contribution in [0.15, 0.2) is 53.4 Å². The zero-order valence-electron chi connectivity index (χ0n) is 16.6. The van der Waals surface area contributed by atoms with Crippen LogP contribution in [0.5, 0.6) is 0 Å². The summed E-state index contributed by atoms with van der Waals surface area (Å²) in [7, 11) is 0. The summed E-state index contributed by atoms with van der Waals surface area (Å²) in [6.07, 6.45) is 1.50. The lowest BCUT2D eigenvalue weighted by atomic mass is 9.99. The third-order valence-electron chi connectivity index (χ3n) is 4.94. The molecule has 0 spiro atoms. The van der Waals surface area contributed by atoms with E-state index in [0.717, 1.165) is 17.7 Å². The van der Waals surface area contributed by atoms with E-state index in [4.69, 9.17) is 4.74 Å². The Bertz CT molecular complexity index is 929. The highest BCUT2D eigenvalue weighted by atomic mass is 32.2. The van der Waals surface area contributed by atoms with E-state index in [1.807, 2.05) is 30.3 Å². The number of thioether (sulfide) groups is 1. The van der Waals surface area contributed by atoms with Crippen molar-refractivity contribution in [3.8, 4) is 0 Å². The number of nitrogens with zero attached hydrogens (tertiary/aromatic N) is 1. The highest BCUT2D eigenvalue weighted by Crippen LogP contribution is 2.40. The average Bonchev–Trinajstić information content (AvgIpc) is 2.74. The summed E-state index contributed by atoms with van der Waals surface area (Å²) in [4.78, 5) is 36.3. The van der Waals surface area contributed by atoms with Gasteiger partial charge in [-0.05, 0) is 37.5 Å². The number of benzene rings is 2. The van der Waals surface area contributed by atoms with Gasteiger partial charge in [0.2, 0.25) is 0 Å². The van der Waals surface area contributed by atoms with Gasteiger partial charge in [-0.3, -0.25) is 19.7 Å². The maximum atomic E-state index is 12.4. The van der Waals surface area contributed by atoms with Crippen LogP contribution < -0.4 is 10.6 Å². The van der Waals surface area contributed by atoms with Gasteiger partial charge in [-0.2, -0.15) is 0 Å². The van der Waals surface area contributed by atoms with Gasteiger partial charge in [-0.1, -0.05) is 24.3 Å². The van der Waals surface area contributed by atoms with Crippen molar-refractivity contribution in [1.82, 2.24) is 5.32 Å². The third-order valence-corrected chi connectivity index (χ3v) is 6.43. The summed E-state index contributed by atoms with van der Waals surface area (Å²) in [5.74, 6) is -1.63. The van der Waals surface area contributed by atoms with Crippen LogP contribution in [0, 0.1) is 17.0 Å². The molecule has 0 radical (unpaired) electrons. The maximum absolute atomic E-state index is 12.4. The molecule has 1 heterocycles. The number of ether oxygens (including phenoxy) is 1. The Morgan fingerprint density at radius 2 is 1.83 bits per heavy atom. The van der Waals surface area contributed by atoms with E-state index < -0.39 is 16.7 Å². The van der Waals surface area contributed by atoms with Crippen molar-refractivity contribution in [3.63, 3.8) is 0 Å². The number of amides is 2. The van der Waals surface area contributed by atoms with Crippen LogP contribution in [-0.4, -0.2) is 41.2 Å². The van der Waals surface area contributed by atoms with Crippen molar-refractivity contribution >= 4 is 35.0 Å². The summed E-state index contributed by atoms with van der Waals surface area (Å²) in [6, 6.07) is 14.0. The molecule has 9 heteroatoms. The van der Waals surface area contributed by atoms with Crippen molar-refractivity contribution in [1.29, 1.82) is 0 Å². The second kappa shape index (κ2) is 9.73. The number of hydrogen-bond donors (Lipinski definition) is 2. The average molecular weight is 429 g/mol. The first kappa shape index (κ1) is 21.8. The molecule has 0 atom stereocenters. The summed E-state index contributed by atoms with van der Waals surface area (Å²) in [5, 5.41) is 16.1. The van der Waals surface area contributed by atoms with Crippen LogP contribution in [0.1, 0.15) is 18.4 Å². The van der Waals surface area contributed by atoms with Crippen LogP contribution in [0.3, 0.4) is 0 Å². The van der Waals surface area contributed by atoms with Crippen LogP contribution in [0.2, 0.25) is 0 Å². The highest BCUT2D eigenvalue weighted by molar-refractivity contribution is 8.00. The van der Waals surface area contributed by atoms with Crippen molar-refractivity contribution in [2.75, 3.05) is 25.1 Å². The quantitative estimate of drug-likeness (QED) is 0.414. The first-order valence-electron chi connectivity index (χ1n) is 9.55. The topological polar surface area (TPSA) is 111 Å². The van der Waals surface area contributed by atoms with E-state index in [1.165, 1.54) is 18.2 Å². The fraction of sp³-hybridized carbons (Fsp3) is 0.333. The van der Waals surface area contributed by atoms with Crippen LogP contribution in [-0.2, 0) is 14.3 Å². The molecule has 2 N–H and O–H groups in total. The molecule has 1 aliphatic rings. The van der Waals surface area contributed by atoms with Crippen LogP contribution in [0.25, 0.3) is 0 Å². The van der Waals surface area contributed by atoms with E-state index >= 15 is 0 Å². The predicted molar refractivity (Wildman–Crippen MR) is 115 cm³/mol. The molecule has 1 saturated heterocycles. The van der Waals surface area contributed by atoms with Gasteiger partial charge in [0.1, 0.15) is 0 Å². The Labute approximate surface area is 178 Å². The highest BCUT2D eigenvalue weighted by Gasteiger charge is 2.35. The minimum absolute atomic E-state index is 0.156. The number of hydrogen-bond acceptors (Lipinski definition) is 6.